The second kappa shape index (κ2) is 5.79. The molecule has 2 rings (SSSR count). The average Bonchev–Trinajstić information content (AvgIpc) is 2.85. The maximum atomic E-state index is 12.9. The van der Waals surface area contributed by atoms with E-state index in [1.54, 1.807) is 6.92 Å². The van der Waals surface area contributed by atoms with Gasteiger partial charge in [-0.2, -0.15) is 10.1 Å². The summed E-state index contributed by atoms with van der Waals surface area (Å²) in [4.78, 5) is 15.5. The number of anilines is 1. The van der Waals surface area contributed by atoms with Crippen LogP contribution in [0.5, 0.6) is 5.75 Å². The van der Waals surface area contributed by atoms with Gasteiger partial charge in [0.1, 0.15) is 17.9 Å². The molecule has 0 saturated heterocycles. The number of H-pyrrole nitrogens is 1. The lowest BCUT2D eigenvalue weighted by Crippen LogP contribution is -2.30. The summed E-state index contributed by atoms with van der Waals surface area (Å²) in [5, 5.41) is 8.59. The SMILES string of the molecule is C[C@H](Oc1ccc(F)cc1Br)C(=O)Nc1ncn[nH]1. The maximum absolute atomic E-state index is 12.9. The Balaban J connectivity index is 2.00. The lowest BCUT2D eigenvalue weighted by atomic mass is 10.3. The Hall–Kier alpha value is -1.96. The summed E-state index contributed by atoms with van der Waals surface area (Å²) in [6, 6.07) is 3.95. The third kappa shape index (κ3) is 3.50. The van der Waals surface area contributed by atoms with E-state index in [1.165, 1.54) is 24.5 Å². The Morgan fingerprint density at radius 2 is 2.37 bits per heavy atom. The third-order valence-corrected chi connectivity index (χ3v) is 2.84. The van der Waals surface area contributed by atoms with Crippen LogP contribution < -0.4 is 10.1 Å². The fourth-order valence-electron chi connectivity index (χ4n) is 1.30. The molecule has 2 aromatic rings. The molecule has 8 heteroatoms. The van der Waals surface area contributed by atoms with Gasteiger partial charge in [-0.3, -0.25) is 10.1 Å². The normalized spacial score (nSPS) is 11.9. The summed E-state index contributed by atoms with van der Waals surface area (Å²) in [6.45, 7) is 1.57. The first-order valence-corrected chi connectivity index (χ1v) is 6.13. The van der Waals surface area contributed by atoms with E-state index in [-0.39, 0.29) is 5.95 Å². The van der Waals surface area contributed by atoms with E-state index in [2.05, 4.69) is 36.4 Å². The van der Waals surface area contributed by atoms with Crippen LogP contribution in [0.3, 0.4) is 0 Å². The number of carbonyl (C=O) groups is 1. The molecule has 100 valence electrons. The maximum Gasteiger partial charge on any atom is 0.267 e. The van der Waals surface area contributed by atoms with E-state index in [0.717, 1.165) is 0 Å². The molecule has 1 amide bonds. The predicted molar refractivity (Wildman–Crippen MR) is 69.2 cm³/mol. The van der Waals surface area contributed by atoms with Crippen LogP contribution in [0.25, 0.3) is 0 Å². The zero-order valence-electron chi connectivity index (χ0n) is 9.85. The number of hydrogen-bond donors (Lipinski definition) is 2. The molecular weight excluding hydrogens is 319 g/mol. The van der Waals surface area contributed by atoms with E-state index in [1.807, 2.05) is 0 Å². The van der Waals surface area contributed by atoms with Crippen molar-refractivity contribution in [2.45, 2.75) is 13.0 Å². The second-order valence-corrected chi connectivity index (χ2v) is 4.51. The second-order valence-electron chi connectivity index (χ2n) is 3.66. The van der Waals surface area contributed by atoms with Crippen molar-refractivity contribution in [2.24, 2.45) is 0 Å². The smallest absolute Gasteiger partial charge is 0.267 e. The molecule has 0 radical (unpaired) electrons. The molecule has 0 bridgehead atoms. The first kappa shape index (κ1) is 13.5. The first-order chi connectivity index (χ1) is 9.06. The highest BCUT2D eigenvalue weighted by Crippen LogP contribution is 2.26. The Morgan fingerprint density at radius 1 is 1.58 bits per heavy atom. The molecule has 0 aliphatic carbocycles. The van der Waals surface area contributed by atoms with Gasteiger partial charge in [0.05, 0.1) is 4.47 Å². The van der Waals surface area contributed by atoms with Gasteiger partial charge in [-0.1, -0.05) is 0 Å². The zero-order valence-corrected chi connectivity index (χ0v) is 11.4. The first-order valence-electron chi connectivity index (χ1n) is 5.34. The summed E-state index contributed by atoms with van der Waals surface area (Å²) in [5.74, 6) is -0.175. The zero-order chi connectivity index (χ0) is 13.8. The molecule has 0 fully saturated rings. The van der Waals surface area contributed by atoms with E-state index in [4.69, 9.17) is 4.74 Å². The molecule has 0 aliphatic heterocycles. The average molecular weight is 329 g/mol. The summed E-state index contributed by atoms with van der Waals surface area (Å²) in [5.41, 5.74) is 0. The minimum absolute atomic E-state index is 0.235. The lowest BCUT2D eigenvalue weighted by molar-refractivity contribution is -0.122. The quantitative estimate of drug-likeness (QED) is 0.900. The van der Waals surface area contributed by atoms with E-state index in [9.17, 15) is 9.18 Å². The van der Waals surface area contributed by atoms with Crippen molar-refractivity contribution in [3.8, 4) is 5.75 Å². The highest BCUT2D eigenvalue weighted by molar-refractivity contribution is 9.10. The molecule has 1 aromatic heterocycles. The van der Waals surface area contributed by atoms with E-state index < -0.39 is 17.8 Å². The van der Waals surface area contributed by atoms with Gasteiger partial charge in [0.2, 0.25) is 5.95 Å². The highest BCUT2D eigenvalue weighted by Gasteiger charge is 2.17. The number of nitrogens with zero attached hydrogens (tertiary/aromatic N) is 2. The number of nitrogens with one attached hydrogen (secondary N) is 2. The number of amides is 1. The fourth-order valence-corrected chi connectivity index (χ4v) is 1.74. The number of rotatable bonds is 4. The molecule has 2 N–H and O–H groups in total. The Kier molecular flexibility index (Phi) is 4.10. The minimum atomic E-state index is -0.771. The van der Waals surface area contributed by atoms with Crippen LogP contribution in [-0.4, -0.2) is 27.2 Å². The largest absolute Gasteiger partial charge is 0.480 e. The van der Waals surface area contributed by atoms with E-state index >= 15 is 0 Å². The van der Waals surface area contributed by atoms with Crippen LogP contribution in [-0.2, 0) is 4.79 Å². The fraction of sp³-hybridized carbons (Fsp3) is 0.182. The number of aromatic nitrogens is 3. The van der Waals surface area contributed by atoms with Gasteiger partial charge in [0.15, 0.2) is 6.10 Å². The minimum Gasteiger partial charge on any atom is -0.480 e. The molecule has 1 aromatic carbocycles. The number of ether oxygens (including phenoxy) is 1. The van der Waals surface area contributed by atoms with Gasteiger partial charge in [0.25, 0.3) is 5.91 Å². The monoisotopic (exact) mass is 328 g/mol. The van der Waals surface area contributed by atoms with Crippen LogP contribution in [0.2, 0.25) is 0 Å². The molecule has 0 spiro atoms. The predicted octanol–water partition coefficient (Wildman–Crippen LogP) is 2.11. The van der Waals surface area contributed by atoms with Crippen LogP contribution in [0, 0.1) is 5.82 Å². The van der Waals surface area contributed by atoms with Crippen molar-refractivity contribution in [3.63, 3.8) is 0 Å². The number of aromatic amines is 1. The van der Waals surface area contributed by atoms with Gasteiger partial charge >= 0.3 is 0 Å². The van der Waals surface area contributed by atoms with Crippen molar-refractivity contribution < 1.29 is 13.9 Å². The number of hydrogen-bond acceptors (Lipinski definition) is 4. The molecule has 0 saturated carbocycles. The molecule has 1 heterocycles. The van der Waals surface area contributed by atoms with Gasteiger partial charge in [-0.05, 0) is 41.1 Å². The van der Waals surface area contributed by atoms with Crippen molar-refractivity contribution in [3.05, 3.63) is 34.8 Å². The molecule has 0 unspecified atom stereocenters. The molecular formula is C11H10BrFN4O2. The van der Waals surface area contributed by atoms with Crippen LogP contribution >= 0.6 is 15.9 Å². The number of halogens is 2. The molecule has 0 aliphatic rings. The summed E-state index contributed by atoms with van der Waals surface area (Å²) >= 11 is 3.16. The summed E-state index contributed by atoms with van der Waals surface area (Å²) in [7, 11) is 0. The molecule has 6 nitrogen and oxygen atoms in total. The Morgan fingerprint density at radius 3 is 3.00 bits per heavy atom. The summed E-state index contributed by atoms with van der Waals surface area (Å²) in [6.07, 6.45) is 0.504. The Labute approximate surface area is 116 Å². The van der Waals surface area contributed by atoms with Crippen LogP contribution in [0.1, 0.15) is 6.92 Å². The lowest BCUT2D eigenvalue weighted by Gasteiger charge is -2.14. The topological polar surface area (TPSA) is 79.9 Å². The highest BCUT2D eigenvalue weighted by atomic mass is 79.9. The van der Waals surface area contributed by atoms with Crippen LogP contribution in [0.4, 0.5) is 10.3 Å². The van der Waals surface area contributed by atoms with Crippen molar-refractivity contribution in [1.82, 2.24) is 15.2 Å². The van der Waals surface area contributed by atoms with Gasteiger partial charge < -0.3 is 4.74 Å². The summed E-state index contributed by atoms with van der Waals surface area (Å²) < 4.78 is 18.8. The van der Waals surface area contributed by atoms with Gasteiger partial charge in [-0.15, -0.1) is 0 Å². The standard InChI is InChI=1S/C11H10BrFN4O2/c1-6(10(18)16-11-14-5-15-17-11)19-9-3-2-7(13)4-8(9)12/h2-6H,1H3,(H2,14,15,16,17,18)/t6-/m0/s1. The molecule has 19 heavy (non-hydrogen) atoms. The van der Waals surface area contributed by atoms with Crippen molar-refractivity contribution in [1.29, 1.82) is 0 Å². The third-order valence-electron chi connectivity index (χ3n) is 2.22. The van der Waals surface area contributed by atoms with Crippen molar-refractivity contribution in [2.75, 3.05) is 5.32 Å². The van der Waals surface area contributed by atoms with Crippen LogP contribution in [0.15, 0.2) is 29.0 Å². The van der Waals surface area contributed by atoms with Gasteiger partial charge in [0, 0.05) is 0 Å². The van der Waals surface area contributed by atoms with Crippen molar-refractivity contribution >= 4 is 27.8 Å². The van der Waals surface area contributed by atoms with E-state index in [0.29, 0.717) is 10.2 Å². The number of benzene rings is 1. The molecule has 1 atom stereocenters. The Bertz CT molecular complexity index is 576. The van der Waals surface area contributed by atoms with Gasteiger partial charge in [-0.25, -0.2) is 9.49 Å². The number of carbonyl (C=O) groups excluding carboxylic acids is 1.